The largest absolute Gasteiger partial charge is 0.477 e. The van der Waals surface area contributed by atoms with Crippen LogP contribution in [0.2, 0.25) is 0 Å². The third-order valence-corrected chi connectivity index (χ3v) is 8.99. The molecule has 9 heteroatoms. The minimum atomic E-state index is -0.973. The minimum Gasteiger partial charge on any atom is -0.477 e. The second-order valence-corrected chi connectivity index (χ2v) is 11.7. The maximum atomic E-state index is 13.5. The Balaban J connectivity index is 1.43. The van der Waals surface area contributed by atoms with Crippen LogP contribution < -0.4 is 0 Å². The van der Waals surface area contributed by atoms with Crippen LogP contribution in [0.15, 0.2) is 71.1 Å². The van der Waals surface area contributed by atoms with Crippen LogP contribution in [0.1, 0.15) is 34.1 Å². The summed E-state index contributed by atoms with van der Waals surface area (Å²) in [7, 11) is 0. The summed E-state index contributed by atoms with van der Waals surface area (Å²) in [6.07, 6.45) is 2.01. The molecule has 1 saturated heterocycles. The molecular formula is C33H28N4O4S. The summed E-state index contributed by atoms with van der Waals surface area (Å²) in [5, 5.41) is 10.8. The van der Waals surface area contributed by atoms with Crippen molar-refractivity contribution >= 4 is 44.3 Å². The highest BCUT2D eigenvalue weighted by Crippen LogP contribution is 2.45. The zero-order valence-corrected chi connectivity index (χ0v) is 24.1. The number of aryl methyl sites for hydroxylation is 2. The Hall–Kier alpha value is -4.76. The molecule has 1 amide bonds. The molecule has 2 aromatic carbocycles. The lowest BCUT2D eigenvalue weighted by molar-refractivity contribution is -0.130. The number of amides is 1. The van der Waals surface area contributed by atoms with Gasteiger partial charge in [0.1, 0.15) is 17.1 Å². The number of benzene rings is 2. The number of pyridine rings is 1. The molecule has 0 aliphatic carbocycles. The maximum Gasteiger partial charge on any atom is 0.345 e. The molecule has 0 radical (unpaired) electrons. The van der Waals surface area contributed by atoms with Gasteiger partial charge in [-0.2, -0.15) is 0 Å². The molecule has 1 aliphatic heterocycles. The van der Waals surface area contributed by atoms with Crippen molar-refractivity contribution in [3.8, 4) is 33.8 Å². The Morgan fingerprint density at radius 2 is 1.74 bits per heavy atom. The highest BCUT2D eigenvalue weighted by molar-refractivity contribution is 7.21. The Morgan fingerprint density at radius 1 is 0.952 bits per heavy atom. The summed E-state index contributed by atoms with van der Waals surface area (Å²) in [6.45, 7) is 5.37. The SMILES string of the molecule is Cc1nc(C)c(-c2ccc3cc(-c4c(-c5ccccc5)c5sc(C(=O)O)cc5n4CC(=O)N4CCCC4)ccc3n2)o1. The van der Waals surface area contributed by atoms with Crippen molar-refractivity contribution in [1.82, 2.24) is 19.4 Å². The molecule has 6 aromatic rings. The van der Waals surface area contributed by atoms with E-state index in [0.717, 1.165) is 80.8 Å². The van der Waals surface area contributed by atoms with Crippen LogP contribution >= 0.6 is 11.3 Å². The molecular weight excluding hydrogens is 548 g/mol. The quantitative estimate of drug-likeness (QED) is 0.225. The summed E-state index contributed by atoms with van der Waals surface area (Å²) in [6, 6.07) is 21.7. The lowest BCUT2D eigenvalue weighted by Crippen LogP contribution is -2.31. The molecule has 1 aliphatic rings. The standard InChI is InChI=1S/C33H28N4O4S/c1-19-31(41-20(2)34-19)25-13-10-22-16-23(11-12-24(22)35-25)30-29(21-8-4-3-5-9-21)32-26(17-27(42-32)33(39)40)37(30)18-28(38)36-14-6-7-15-36/h3-5,8-13,16-17H,6-7,14-15,18H2,1-2H3,(H,39,40). The Kier molecular flexibility index (Phi) is 6.39. The van der Waals surface area contributed by atoms with Crippen LogP contribution in [0.3, 0.4) is 0 Å². The second-order valence-electron chi connectivity index (χ2n) is 10.6. The number of nitrogens with zero attached hydrogens (tertiary/aromatic N) is 4. The Labute approximate surface area is 245 Å². The van der Waals surface area contributed by atoms with Crippen LogP contribution in [0.25, 0.3) is 55.0 Å². The maximum absolute atomic E-state index is 13.5. The number of oxazole rings is 1. The molecule has 1 fully saturated rings. The average molecular weight is 577 g/mol. The molecule has 0 unspecified atom stereocenters. The number of likely N-dealkylation sites (tertiary alicyclic amines) is 1. The molecule has 0 bridgehead atoms. The second kappa shape index (κ2) is 10.3. The van der Waals surface area contributed by atoms with Gasteiger partial charge in [0.2, 0.25) is 5.91 Å². The van der Waals surface area contributed by atoms with E-state index in [4.69, 9.17) is 9.40 Å². The lowest BCUT2D eigenvalue weighted by atomic mass is 9.99. The number of hydrogen-bond donors (Lipinski definition) is 1. The summed E-state index contributed by atoms with van der Waals surface area (Å²) in [5.74, 6) is 0.328. The van der Waals surface area contributed by atoms with E-state index in [2.05, 4.69) is 11.1 Å². The third-order valence-electron chi connectivity index (χ3n) is 7.86. The first-order chi connectivity index (χ1) is 20.4. The number of carboxylic acid groups (broad SMARTS) is 1. The molecule has 1 N–H and O–H groups in total. The van der Waals surface area contributed by atoms with E-state index in [-0.39, 0.29) is 17.3 Å². The number of aromatic nitrogens is 3. The highest BCUT2D eigenvalue weighted by Gasteiger charge is 2.27. The van der Waals surface area contributed by atoms with Gasteiger partial charge in [-0.25, -0.2) is 14.8 Å². The number of aromatic carboxylic acids is 1. The van der Waals surface area contributed by atoms with Crippen LogP contribution in [0.5, 0.6) is 0 Å². The Bertz CT molecular complexity index is 2000. The van der Waals surface area contributed by atoms with Gasteiger partial charge in [-0.1, -0.05) is 42.5 Å². The molecule has 42 heavy (non-hydrogen) atoms. The first kappa shape index (κ1) is 26.2. The van der Waals surface area contributed by atoms with Gasteiger partial charge in [0.05, 0.1) is 27.1 Å². The van der Waals surface area contributed by atoms with Gasteiger partial charge in [0.15, 0.2) is 11.7 Å². The fraction of sp³-hybridized carbons (Fsp3) is 0.212. The molecule has 4 aromatic heterocycles. The third kappa shape index (κ3) is 4.46. The van der Waals surface area contributed by atoms with Crippen LogP contribution in [0.4, 0.5) is 0 Å². The van der Waals surface area contributed by atoms with Gasteiger partial charge in [0, 0.05) is 31.0 Å². The fourth-order valence-corrected chi connectivity index (χ4v) is 7.00. The van der Waals surface area contributed by atoms with Crippen molar-refractivity contribution in [3.63, 3.8) is 0 Å². The molecule has 5 heterocycles. The minimum absolute atomic E-state index is 0.0400. The Morgan fingerprint density at radius 3 is 2.45 bits per heavy atom. The zero-order chi connectivity index (χ0) is 29.0. The van der Waals surface area contributed by atoms with Gasteiger partial charge < -0.3 is 19.0 Å². The van der Waals surface area contributed by atoms with Gasteiger partial charge >= 0.3 is 5.97 Å². The number of carbonyl (C=O) groups excluding carboxylic acids is 1. The first-order valence-corrected chi connectivity index (χ1v) is 14.8. The summed E-state index contributed by atoms with van der Waals surface area (Å²) >= 11 is 1.25. The van der Waals surface area contributed by atoms with Crippen LogP contribution in [-0.2, 0) is 11.3 Å². The molecule has 0 saturated carbocycles. The normalized spacial score (nSPS) is 13.4. The topological polar surface area (TPSA) is 101 Å². The molecule has 8 nitrogen and oxygen atoms in total. The van der Waals surface area contributed by atoms with Crippen molar-refractivity contribution in [2.75, 3.05) is 13.1 Å². The number of carboxylic acids is 1. The zero-order valence-electron chi connectivity index (χ0n) is 23.3. The van der Waals surface area contributed by atoms with Gasteiger partial charge in [-0.15, -0.1) is 11.3 Å². The molecule has 0 spiro atoms. The molecule has 0 atom stereocenters. The van der Waals surface area contributed by atoms with Crippen LogP contribution in [0, 0.1) is 13.8 Å². The number of carbonyl (C=O) groups is 2. The van der Waals surface area contributed by atoms with Crippen molar-refractivity contribution in [3.05, 3.63) is 83.2 Å². The smallest absolute Gasteiger partial charge is 0.345 e. The molecule has 7 rings (SSSR count). The van der Waals surface area contributed by atoms with Crippen molar-refractivity contribution in [2.24, 2.45) is 0 Å². The summed E-state index contributed by atoms with van der Waals surface area (Å²) in [4.78, 5) is 36.9. The lowest BCUT2D eigenvalue weighted by Gasteiger charge is -2.18. The highest BCUT2D eigenvalue weighted by atomic mass is 32.1. The van der Waals surface area contributed by atoms with Crippen LogP contribution in [-0.4, -0.2) is 49.5 Å². The monoisotopic (exact) mass is 576 g/mol. The summed E-state index contributed by atoms with van der Waals surface area (Å²) in [5.41, 5.74) is 6.79. The van der Waals surface area contributed by atoms with E-state index in [0.29, 0.717) is 11.7 Å². The number of hydrogen-bond acceptors (Lipinski definition) is 6. The first-order valence-electron chi connectivity index (χ1n) is 14.0. The van der Waals surface area contributed by atoms with Gasteiger partial charge in [-0.3, -0.25) is 4.79 Å². The van der Waals surface area contributed by atoms with E-state index >= 15 is 0 Å². The van der Waals surface area contributed by atoms with Gasteiger partial charge in [0.25, 0.3) is 0 Å². The average Bonchev–Trinajstić information content (AvgIpc) is 3.78. The van der Waals surface area contributed by atoms with Crippen molar-refractivity contribution < 1.29 is 19.1 Å². The predicted octanol–water partition coefficient (Wildman–Crippen LogP) is 7.18. The van der Waals surface area contributed by atoms with E-state index in [1.807, 2.05) is 77.9 Å². The van der Waals surface area contributed by atoms with E-state index in [9.17, 15) is 14.7 Å². The summed E-state index contributed by atoms with van der Waals surface area (Å²) < 4.78 is 8.66. The predicted molar refractivity (Wildman–Crippen MR) is 164 cm³/mol. The molecule has 210 valence electrons. The number of fused-ring (bicyclic) bond motifs is 2. The van der Waals surface area contributed by atoms with E-state index in [1.54, 1.807) is 6.07 Å². The van der Waals surface area contributed by atoms with Gasteiger partial charge in [-0.05, 0) is 55.2 Å². The van der Waals surface area contributed by atoms with Crippen molar-refractivity contribution in [2.45, 2.75) is 33.2 Å². The van der Waals surface area contributed by atoms with Crippen molar-refractivity contribution in [1.29, 1.82) is 0 Å². The van der Waals surface area contributed by atoms with E-state index in [1.165, 1.54) is 11.3 Å². The van der Waals surface area contributed by atoms with E-state index < -0.39 is 5.97 Å². The number of rotatable bonds is 6. The number of thiophene rings is 1. The fourth-order valence-electron chi connectivity index (χ4n) is 5.94.